The molecule has 1 unspecified atom stereocenters. The monoisotopic (exact) mass is 330 g/mol. The number of hydrogen-bond donors (Lipinski definition) is 1. The molecule has 1 atom stereocenters. The van der Waals surface area contributed by atoms with Gasteiger partial charge < -0.3 is 5.73 Å². The van der Waals surface area contributed by atoms with Crippen LogP contribution in [0.3, 0.4) is 0 Å². The number of sulfone groups is 1. The van der Waals surface area contributed by atoms with Crippen LogP contribution in [0.2, 0.25) is 0 Å². The van der Waals surface area contributed by atoms with Crippen LogP contribution in [-0.4, -0.2) is 48.0 Å². The van der Waals surface area contributed by atoms with Gasteiger partial charge in [0.2, 0.25) is 0 Å². The van der Waals surface area contributed by atoms with Gasteiger partial charge in [0.1, 0.15) is 10.4 Å². The number of benzene rings is 1. The lowest BCUT2D eigenvalue weighted by molar-refractivity contribution is 0.262. The van der Waals surface area contributed by atoms with E-state index in [1.807, 2.05) is 29.2 Å². The first-order valence-electron chi connectivity index (χ1n) is 6.27. The molecule has 1 aromatic carbocycles. The minimum atomic E-state index is -3.05. The molecular formula is C13H18N2O2S3. The lowest BCUT2D eigenvalue weighted by atomic mass is 10.1. The van der Waals surface area contributed by atoms with Crippen molar-refractivity contribution in [3.8, 4) is 0 Å². The summed E-state index contributed by atoms with van der Waals surface area (Å²) in [4.78, 5) is 2.40. The highest BCUT2D eigenvalue weighted by Gasteiger charge is 2.30. The van der Waals surface area contributed by atoms with Crippen molar-refractivity contribution in [2.75, 3.05) is 24.3 Å². The van der Waals surface area contributed by atoms with Crippen molar-refractivity contribution in [3.05, 3.63) is 35.4 Å². The van der Waals surface area contributed by atoms with E-state index in [9.17, 15) is 8.42 Å². The van der Waals surface area contributed by atoms with Gasteiger partial charge in [-0.1, -0.05) is 36.5 Å². The van der Waals surface area contributed by atoms with E-state index in [1.54, 1.807) is 11.8 Å². The Hall–Kier alpha value is -0.630. The molecule has 1 aliphatic heterocycles. The van der Waals surface area contributed by atoms with E-state index in [1.165, 1.54) is 6.26 Å². The molecular weight excluding hydrogens is 312 g/mol. The summed E-state index contributed by atoms with van der Waals surface area (Å²) >= 11 is 6.62. The van der Waals surface area contributed by atoms with Gasteiger partial charge in [0.05, 0.1) is 0 Å². The summed E-state index contributed by atoms with van der Waals surface area (Å²) in [5.41, 5.74) is 7.47. The number of thiocarbonyl (C=S) groups is 1. The molecule has 1 saturated heterocycles. The standard InChI is InChI=1S/C13H18N2O2S3/c1-20(16,17)12-9-19-7-6-15(12)8-10-2-4-11(5-3-10)13(14)18/h2-5,12H,6-9H2,1H3,(H2,14,18). The second-order valence-electron chi connectivity index (χ2n) is 4.89. The van der Waals surface area contributed by atoms with Crippen LogP contribution in [0.1, 0.15) is 11.1 Å². The summed E-state index contributed by atoms with van der Waals surface area (Å²) in [7, 11) is -3.05. The van der Waals surface area contributed by atoms with Crippen LogP contribution in [0.25, 0.3) is 0 Å². The maximum atomic E-state index is 11.8. The molecule has 1 fully saturated rings. The Kier molecular flexibility index (Phi) is 5.06. The van der Waals surface area contributed by atoms with Crippen molar-refractivity contribution in [2.24, 2.45) is 5.73 Å². The number of nitrogens with two attached hydrogens (primary N) is 1. The minimum absolute atomic E-state index is 0.375. The molecule has 2 N–H and O–H groups in total. The molecule has 20 heavy (non-hydrogen) atoms. The fraction of sp³-hybridized carbons (Fsp3) is 0.462. The molecule has 0 aromatic heterocycles. The van der Waals surface area contributed by atoms with E-state index in [4.69, 9.17) is 18.0 Å². The van der Waals surface area contributed by atoms with Gasteiger partial charge in [-0.25, -0.2) is 8.42 Å². The van der Waals surface area contributed by atoms with Crippen LogP contribution in [0.5, 0.6) is 0 Å². The Morgan fingerprint density at radius 2 is 2.10 bits per heavy atom. The number of hydrogen-bond acceptors (Lipinski definition) is 5. The topological polar surface area (TPSA) is 63.4 Å². The molecule has 1 aromatic rings. The van der Waals surface area contributed by atoms with Gasteiger partial charge in [-0.05, 0) is 5.56 Å². The molecule has 1 aliphatic rings. The minimum Gasteiger partial charge on any atom is -0.389 e. The van der Waals surface area contributed by atoms with E-state index in [-0.39, 0.29) is 0 Å². The lowest BCUT2D eigenvalue weighted by Gasteiger charge is -2.34. The van der Waals surface area contributed by atoms with Gasteiger partial charge in [-0.15, -0.1) is 0 Å². The Bertz CT molecular complexity index is 584. The second-order valence-corrected chi connectivity index (χ2v) is 8.68. The molecule has 110 valence electrons. The summed E-state index contributed by atoms with van der Waals surface area (Å²) in [6.07, 6.45) is 1.31. The zero-order chi connectivity index (χ0) is 14.8. The van der Waals surface area contributed by atoms with Crippen LogP contribution < -0.4 is 5.73 Å². The molecule has 1 heterocycles. The van der Waals surface area contributed by atoms with Crippen molar-refractivity contribution in [2.45, 2.75) is 11.9 Å². The second kappa shape index (κ2) is 6.43. The maximum absolute atomic E-state index is 11.8. The normalized spacial score (nSPS) is 20.8. The predicted octanol–water partition coefficient (Wildman–Crippen LogP) is 1.24. The number of nitrogens with zero attached hydrogens (tertiary/aromatic N) is 1. The van der Waals surface area contributed by atoms with Crippen molar-refractivity contribution in [1.29, 1.82) is 0 Å². The van der Waals surface area contributed by atoms with Crippen LogP contribution in [0.4, 0.5) is 0 Å². The molecule has 0 aliphatic carbocycles. The van der Waals surface area contributed by atoms with Crippen LogP contribution in [0.15, 0.2) is 24.3 Å². The quantitative estimate of drug-likeness (QED) is 0.838. The third-order valence-electron chi connectivity index (χ3n) is 3.31. The highest BCUT2D eigenvalue weighted by molar-refractivity contribution is 8.00. The first kappa shape index (κ1) is 15.8. The summed E-state index contributed by atoms with van der Waals surface area (Å²) in [5.74, 6) is 1.61. The Labute approximate surface area is 129 Å². The molecule has 0 bridgehead atoms. The van der Waals surface area contributed by atoms with Gasteiger partial charge in [0.15, 0.2) is 9.84 Å². The Morgan fingerprint density at radius 3 is 2.65 bits per heavy atom. The van der Waals surface area contributed by atoms with Crippen LogP contribution in [-0.2, 0) is 16.4 Å². The average molecular weight is 330 g/mol. The molecule has 7 heteroatoms. The molecule has 4 nitrogen and oxygen atoms in total. The van der Waals surface area contributed by atoms with Crippen molar-refractivity contribution < 1.29 is 8.42 Å². The summed E-state index contributed by atoms with van der Waals surface area (Å²) in [5, 5.41) is -0.392. The van der Waals surface area contributed by atoms with Crippen LogP contribution >= 0.6 is 24.0 Å². The van der Waals surface area contributed by atoms with E-state index < -0.39 is 15.2 Å². The van der Waals surface area contributed by atoms with Gasteiger partial charge in [-0.3, -0.25) is 4.90 Å². The molecule has 2 rings (SSSR count). The molecule has 0 spiro atoms. The molecule has 0 amide bonds. The fourth-order valence-electron chi connectivity index (χ4n) is 2.20. The maximum Gasteiger partial charge on any atom is 0.164 e. The fourth-order valence-corrected chi connectivity index (χ4v) is 5.28. The SMILES string of the molecule is CS(=O)(=O)C1CSCCN1Cc1ccc(C(N)=S)cc1. The van der Waals surface area contributed by atoms with E-state index >= 15 is 0 Å². The van der Waals surface area contributed by atoms with Crippen molar-refractivity contribution in [3.63, 3.8) is 0 Å². The van der Waals surface area contributed by atoms with E-state index in [0.717, 1.165) is 23.4 Å². The predicted molar refractivity (Wildman–Crippen MR) is 88.7 cm³/mol. The Morgan fingerprint density at radius 1 is 1.45 bits per heavy atom. The number of thioether (sulfide) groups is 1. The highest BCUT2D eigenvalue weighted by Crippen LogP contribution is 2.22. The van der Waals surface area contributed by atoms with Gasteiger partial charge in [0.25, 0.3) is 0 Å². The van der Waals surface area contributed by atoms with Gasteiger partial charge in [0, 0.05) is 36.4 Å². The van der Waals surface area contributed by atoms with Gasteiger partial charge in [-0.2, -0.15) is 11.8 Å². The molecule has 0 saturated carbocycles. The molecule has 0 radical (unpaired) electrons. The van der Waals surface area contributed by atoms with E-state index in [0.29, 0.717) is 17.3 Å². The largest absolute Gasteiger partial charge is 0.389 e. The Balaban J connectivity index is 2.12. The zero-order valence-electron chi connectivity index (χ0n) is 11.3. The smallest absolute Gasteiger partial charge is 0.164 e. The third kappa shape index (κ3) is 3.94. The zero-order valence-corrected chi connectivity index (χ0v) is 13.7. The highest BCUT2D eigenvalue weighted by atomic mass is 32.2. The van der Waals surface area contributed by atoms with Gasteiger partial charge >= 0.3 is 0 Å². The van der Waals surface area contributed by atoms with Crippen molar-refractivity contribution >= 4 is 38.8 Å². The van der Waals surface area contributed by atoms with E-state index in [2.05, 4.69) is 0 Å². The first-order valence-corrected chi connectivity index (χ1v) is 9.79. The number of rotatable bonds is 4. The average Bonchev–Trinajstić information content (AvgIpc) is 2.38. The summed E-state index contributed by atoms with van der Waals surface area (Å²) < 4.78 is 23.7. The summed E-state index contributed by atoms with van der Waals surface area (Å²) in [6.45, 7) is 1.43. The summed E-state index contributed by atoms with van der Waals surface area (Å²) in [6, 6.07) is 7.67. The lowest BCUT2D eigenvalue weighted by Crippen LogP contribution is -2.46. The third-order valence-corrected chi connectivity index (χ3v) is 6.23. The first-order chi connectivity index (χ1) is 9.38. The van der Waals surface area contributed by atoms with Crippen molar-refractivity contribution in [1.82, 2.24) is 4.90 Å². The van der Waals surface area contributed by atoms with Crippen LogP contribution in [0, 0.1) is 0 Å².